The van der Waals surface area contributed by atoms with E-state index in [2.05, 4.69) is 26.0 Å². The summed E-state index contributed by atoms with van der Waals surface area (Å²) in [6.45, 7) is 0.656. The van der Waals surface area contributed by atoms with E-state index in [1.165, 1.54) is 24.3 Å². The SMILES string of the molecule is CNCc1ccc(S(=O)(=O)Nc2cc(F)ccc2Br)cc1. The number of sulfonamides is 1. The summed E-state index contributed by atoms with van der Waals surface area (Å²) >= 11 is 3.19. The Hall–Kier alpha value is -1.44. The molecule has 0 saturated carbocycles. The van der Waals surface area contributed by atoms with Crippen molar-refractivity contribution in [2.45, 2.75) is 11.4 Å². The second-order valence-corrected chi connectivity index (χ2v) is 6.94. The highest BCUT2D eigenvalue weighted by Crippen LogP contribution is 2.25. The van der Waals surface area contributed by atoms with Gasteiger partial charge in [0.2, 0.25) is 0 Å². The van der Waals surface area contributed by atoms with Crippen LogP contribution in [0.2, 0.25) is 0 Å². The Kier molecular flexibility index (Phi) is 4.97. The van der Waals surface area contributed by atoms with Crippen LogP contribution in [0.25, 0.3) is 0 Å². The lowest BCUT2D eigenvalue weighted by Gasteiger charge is -2.10. The summed E-state index contributed by atoms with van der Waals surface area (Å²) in [7, 11) is -1.94. The molecule has 2 aromatic rings. The van der Waals surface area contributed by atoms with Crippen LogP contribution >= 0.6 is 15.9 Å². The van der Waals surface area contributed by atoms with Gasteiger partial charge in [0.15, 0.2) is 0 Å². The molecule has 0 aliphatic carbocycles. The molecule has 2 aromatic carbocycles. The van der Waals surface area contributed by atoms with E-state index in [4.69, 9.17) is 0 Å². The molecule has 2 N–H and O–H groups in total. The summed E-state index contributed by atoms with van der Waals surface area (Å²) in [5.74, 6) is -0.514. The molecule has 7 heteroatoms. The molecule has 0 spiro atoms. The minimum Gasteiger partial charge on any atom is -0.316 e. The van der Waals surface area contributed by atoms with Crippen molar-refractivity contribution in [3.05, 3.63) is 58.3 Å². The number of hydrogen-bond donors (Lipinski definition) is 2. The lowest BCUT2D eigenvalue weighted by molar-refractivity contribution is 0.601. The van der Waals surface area contributed by atoms with Crippen LogP contribution in [0, 0.1) is 5.82 Å². The zero-order valence-corrected chi connectivity index (χ0v) is 13.6. The Balaban J connectivity index is 2.27. The van der Waals surface area contributed by atoms with Crippen molar-refractivity contribution >= 4 is 31.6 Å². The van der Waals surface area contributed by atoms with Gasteiger partial charge in [0.25, 0.3) is 10.0 Å². The topological polar surface area (TPSA) is 58.2 Å². The van der Waals surface area contributed by atoms with Gasteiger partial charge in [0.05, 0.1) is 10.6 Å². The van der Waals surface area contributed by atoms with Crippen molar-refractivity contribution in [1.82, 2.24) is 5.32 Å². The summed E-state index contributed by atoms with van der Waals surface area (Å²) in [6.07, 6.45) is 0. The molecule has 0 unspecified atom stereocenters. The van der Waals surface area contributed by atoms with Crippen LogP contribution in [0.3, 0.4) is 0 Å². The summed E-state index contributed by atoms with van der Waals surface area (Å²) < 4.78 is 40.6. The van der Waals surface area contributed by atoms with Gasteiger partial charge in [-0.1, -0.05) is 12.1 Å². The van der Waals surface area contributed by atoms with Gasteiger partial charge < -0.3 is 5.32 Å². The lowest BCUT2D eigenvalue weighted by atomic mass is 10.2. The standard InChI is InChI=1S/C14H14BrFN2O2S/c1-17-9-10-2-5-12(6-3-10)21(19,20)18-14-8-11(16)4-7-13(14)15/h2-8,17-18H,9H2,1H3. The molecule has 21 heavy (non-hydrogen) atoms. The number of nitrogens with one attached hydrogen (secondary N) is 2. The fourth-order valence-electron chi connectivity index (χ4n) is 1.77. The predicted octanol–water partition coefficient (Wildman–Crippen LogP) is 3.11. The van der Waals surface area contributed by atoms with Gasteiger partial charge in [-0.05, 0) is 58.9 Å². The minimum atomic E-state index is -3.75. The first kappa shape index (κ1) is 15.9. The number of halogens is 2. The van der Waals surface area contributed by atoms with Crippen LogP contribution in [0.5, 0.6) is 0 Å². The predicted molar refractivity (Wildman–Crippen MR) is 84.1 cm³/mol. The van der Waals surface area contributed by atoms with Crippen molar-refractivity contribution in [2.75, 3.05) is 11.8 Å². The van der Waals surface area contributed by atoms with Gasteiger partial charge in [-0.2, -0.15) is 0 Å². The zero-order chi connectivity index (χ0) is 15.5. The fraction of sp³-hybridized carbons (Fsp3) is 0.143. The molecular weight excluding hydrogens is 359 g/mol. The molecule has 4 nitrogen and oxygen atoms in total. The molecule has 2 rings (SSSR count). The van der Waals surface area contributed by atoms with Crippen LogP contribution < -0.4 is 10.0 Å². The number of anilines is 1. The van der Waals surface area contributed by atoms with Gasteiger partial charge in [0, 0.05) is 11.0 Å². The van der Waals surface area contributed by atoms with E-state index >= 15 is 0 Å². The van der Waals surface area contributed by atoms with Crippen molar-refractivity contribution in [2.24, 2.45) is 0 Å². The van der Waals surface area contributed by atoms with E-state index in [1.807, 2.05) is 7.05 Å². The Bertz CT molecular complexity index is 733. The second-order valence-electron chi connectivity index (χ2n) is 4.40. The van der Waals surface area contributed by atoms with E-state index < -0.39 is 15.8 Å². The second kappa shape index (κ2) is 6.55. The fourth-order valence-corrected chi connectivity index (χ4v) is 3.32. The number of rotatable bonds is 5. The summed E-state index contributed by atoms with van der Waals surface area (Å²) in [5, 5.41) is 2.98. The third-order valence-electron chi connectivity index (χ3n) is 2.79. The van der Waals surface area contributed by atoms with Crippen molar-refractivity contribution in [3.63, 3.8) is 0 Å². The number of benzene rings is 2. The van der Waals surface area contributed by atoms with E-state index in [-0.39, 0.29) is 10.6 Å². The Morgan fingerprint density at radius 3 is 2.43 bits per heavy atom. The molecule has 112 valence electrons. The molecular formula is C14H14BrFN2O2S. The lowest BCUT2D eigenvalue weighted by Crippen LogP contribution is -2.14. The molecule has 0 aliphatic rings. The van der Waals surface area contributed by atoms with Crippen LogP contribution in [-0.4, -0.2) is 15.5 Å². The van der Waals surface area contributed by atoms with Gasteiger partial charge in [-0.15, -0.1) is 0 Å². The van der Waals surface area contributed by atoms with Crippen LogP contribution in [0.4, 0.5) is 10.1 Å². The molecule has 0 aromatic heterocycles. The Morgan fingerprint density at radius 1 is 1.14 bits per heavy atom. The molecule has 0 saturated heterocycles. The van der Waals surface area contributed by atoms with Crippen LogP contribution in [0.15, 0.2) is 51.8 Å². The highest BCUT2D eigenvalue weighted by molar-refractivity contribution is 9.10. The zero-order valence-electron chi connectivity index (χ0n) is 11.2. The minimum absolute atomic E-state index is 0.124. The van der Waals surface area contributed by atoms with Gasteiger partial charge in [-0.25, -0.2) is 12.8 Å². The third-order valence-corrected chi connectivity index (χ3v) is 4.86. The van der Waals surface area contributed by atoms with Crippen molar-refractivity contribution < 1.29 is 12.8 Å². The quantitative estimate of drug-likeness (QED) is 0.847. The van der Waals surface area contributed by atoms with Gasteiger partial charge in [-0.3, -0.25) is 4.72 Å². The summed E-state index contributed by atoms with van der Waals surface area (Å²) in [5.41, 5.74) is 1.14. The summed E-state index contributed by atoms with van der Waals surface area (Å²) in [4.78, 5) is 0.124. The van der Waals surface area contributed by atoms with E-state index in [1.54, 1.807) is 12.1 Å². The highest BCUT2D eigenvalue weighted by Gasteiger charge is 2.16. The first-order valence-electron chi connectivity index (χ1n) is 6.14. The van der Waals surface area contributed by atoms with Crippen LogP contribution in [0.1, 0.15) is 5.56 Å². The first-order valence-corrected chi connectivity index (χ1v) is 8.41. The maximum atomic E-state index is 13.2. The molecule has 0 atom stereocenters. The van der Waals surface area contributed by atoms with E-state index in [9.17, 15) is 12.8 Å². The van der Waals surface area contributed by atoms with Crippen molar-refractivity contribution in [1.29, 1.82) is 0 Å². The third kappa shape index (κ3) is 4.03. The van der Waals surface area contributed by atoms with E-state index in [0.29, 0.717) is 11.0 Å². The smallest absolute Gasteiger partial charge is 0.261 e. The molecule has 0 fully saturated rings. The van der Waals surface area contributed by atoms with Crippen LogP contribution in [-0.2, 0) is 16.6 Å². The average molecular weight is 373 g/mol. The van der Waals surface area contributed by atoms with Gasteiger partial charge in [0.1, 0.15) is 5.82 Å². The maximum absolute atomic E-state index is 13.2. The highest BCUT2D eigenvalue weighted by atomic mass is 79.9. The monoisotopic (exact) mass is 372 g/mol. The Morgan fingerprint density at radius 2 is 1.81 bits per heavy atom. The molecule has 0 radical (unpaired) electrons. The maximum Gasteiger partial charge on any atom is 0.261 e. The summed E-state index contributed by atoms with van der Waals surface area (Å²) in [6, 6.07) is 10.3. The Labute approximate surface area is 131 Å². The normalized spacial score (nSPS) is 11.4. The average Bonchev–Trinajstić information content (AvgIpc) is 2.44. The molecule has 0 bridgehead atoms. The largest absolute Gasteiger partial charge is 0.316 e. The molecule has 0 heterocycles. The number of hydrogen-bond acceptors (Lipinski definition) is 3. The molecule has 0 aliphatic heterocycles. The first-order chi connectivity index (χ1) is 9.92. The molecule has 0 amide bonds. The van der Waals surface area contributed by atoms with Crippen molar-refractivity contribution in [3.8, 4) is 0 Å². The van der Waals surface area contributed by atoms with Gasteiger partial charge >= 0.3 is 0 Å². The van der Waals surface area contributed by atoms with E-state index in [0.717, 1.165) is 11.6 Å².